The van der Waals surface area contributed by atoms with Gasteiger partial charge in [-0.25, -0.2) is 4.39 Å². The Morgan fingerprint density at radius 3 is 2.26 bits per heavy atom. The lowest BCUT2D eigenvalue weighted by Crippen LogP contribution is -2.28. The number of nitrogens with one attached hydrogen (secondary N) is 2. The largest absolute Gasteiger partial charge is 0.385 e. The molecule has 43 heavy (non-hydrogen) atoms. The molecule has 4 rings (SSSR count). The van der Waals surface area contributed by atoms with Gasteiger partial charge in [-0.05, 0) is 92.6 Å². The fourth-order valence-electron chi connectivity index (χ4n) is 5.10. The molecule has 2 amide bonds. The molecule has 6 nitrogen and oxygen atoms in total. The van der Waals surface area contributed by atoms with E-state index in [1.807, 2.05) is 30.0 Å². The molecule has 7 heteroatoms. The molecule has 0 bridgehead atoms. The fraction of sp³-hybridized carbons (Fsp3) is 0.389. The first-order chi connectivity index (χ1) is 20.7. The standard InChI is InChI=1S/C23H26FN3O2.C13H21N/c1-16-6-7-19(17(2)25-12-4-14-27-13-3-5-22(27)28)15-21(16)26-23(29)18-8-10-20(24)11-9-18;1-4-10-14(11-5-2)13-9-7-6-8-12(13)3/h6-11,15,25H,2-5,12-14H2,1H3,(H,26,29);6-9H,4-5,10-11H2,1-3H3. The van der Waals surface area contributed by atoms with E-state index in [0.717, 1.165) is 42.8 Å². The van der Waals surface area contributed by atoms with Gasteiger partial charge in [-0.1, -0.05) is 50.8 Å². The lowest BCUT2D eigenvalue weighted by Gasteiger charge is -2.25. The highest BCUT2D eigenvalue weighted by Gasteiger charge is 2.19. The second-order valence-corrected chi connectivity index (χ2v) is 11.0. The number of benzene rings is 3. The minimum absolute atomic E-state index is 0.240. The van der Waals surface area contributed by atoms with E-state index in [9.17, 15) is 14.0 Å². The van der Waals surface area contributed by atoms with Crippen LogP contribution >= 0.6 is 0 Å². The summed E-state index contributed by atoms with van der Waals surface area (Å²) < 4.78 is 13.0. The number of rotatable bonds is 13. The number of anilines is 2. The van der Waals surface area contributed by atoms with Gasteiger partial charge in [0, 0.05) is 61.8 Å². The maximum absolute atomic E-state index is 13.0. The molecular formula is C36H47FN4O2. The molecule has 1 saturated heterocycles. The van der Waals surface area contributed by atoms with E-state index in [2.05, 4.69) is 67.1 Å². The highest BCUT2D eigenvalue weighted by molar-refractivity contribution is 6.04. The minimum atomic E-state index is -0.379. The number of hydrogen-bond donors (Lipinski definition) is 2. The zero-order valence-electron chi connectivity index (χ0n) is 26.2. The molecule has 0 unspecified atom stereocenters. The van der Waals surface area contributed by atoms with Gasteiger partial charge in [-0.3, -0.25) is 9.59 Å². The molecule has 0 saturated carbocycles. The third-order valence-corrected chi connectivity index (χ3v) is 7.50. The van der Waals surface area contributed by atoms with Crippen LogP contribution in [0.15, 0.2) is 73.3 Å². The fourth-order valence-corrected chi connectivity index (χ4v) is 5.10. The maximum Gasteiger partial charge on any atom is 0.255 e. The van der Waals surface area contributed by atoms with Crippen molar-refractivity contribution in [3.8, 4) is 0 Å². The van der Waals surface area contributed by atoms with Crippen LogP contribution < -0.4 is 15.5 Å². The van der Waals surface area contributed by atoms with E-state index >= 15 is 0 Å². The van der Waals surface area contributed by atoms with Gasteiger partial charge in [0.05, 0.1) is 0 Å². The van der Waals surface area contributed by atoms with E-state index in [1.54, 1.807) is 0 Å². The smallest absolute Gasteiger partial charge is 0.255 e. The molecule has 0 atom stereocenters. The third-order valence-electron chi connectivity index (χ3n) is 7.50. The Morgan fingerprint density at radius 2 is 1.63 bits per heavy atom. The first-order valence-electron chi connectivity index (χ1n) is 15.4. The van der Waals surface area contributed by atoms with Crippen molar-refractivity contribution >= 4 is 28.9 Å². The lowest BCUT2D eigenvalue weighted by molar-refractivity contribution is -0.127. The van der Waals surface area contributed by atoms with Gasteiger partial charge in [0.1, 0.15) is 5.82 Å². The van der Waals surface area contributed by atoms with Gasteiger partial charge >= 0.3 is 0 Å². The van der Waals surface area contributed by atoms with E-state index in [0.29, 0.717) is 24.2 Å². The van der Waals surface area contributed by atoms with Crippen molar-refractivity contribution in [2.24, 2.45) is 0 Å². The normalized spacial score (nSPS) is 12.4. The molecule has 2 N–H and O–H groups in total. The molecule has 0 aliphatic carbocycles. The zero-order valence-corrected chi connectivity index (χ0v) is 26.2. The number of hydrogen-bond acceptors (Lipinski definition) is 4. The highest BCUT2D eigenvalue weighted by Crippen LogP contribution is 2.22. The molecule has 1 heterocycles. The van der Waals surface area contributed by atoms with E-state index in [-0.39, 0.29) is 17.6 Å². The molecule has 0 radical (unpaired) electrons. The maximum atomic E-state index is 13.0. The molecule has 1 aliphatic heterocycles. The Hall–Kier alpha value is -4.13. The molecule has 3 aromatic carbocycles. The molecular weight excluding hydrogens is 539 g/mol. The zero-order chi connectivity index (χ0) is 31.2. The summed E-state index contributed by atoms with van der Waals surface area (Å²) in [5.74, 6) is -0.431. The van der Waals surface area contributed by atoms with Crippen molar-refractivity contribution in [3.63, 3.8) is 0 Å². The Bertz CT molecular complexity index is 1350. The molecule has 0 aromatic heterocycles. The summed E-state index contributed by atoms with van der Waals surface area (Å²) in [5, 5.41) is 6.16. The number of halogens is 1. The third kappa shape index (κ3) is 10.3. The minimum Gasteiger partial charge on any atom is -0.385 e. The number of aryl methyl sites for hydroxylation is 2. The van der Waals surface area contributed by atoms with Gasteiger partial charge in [0.15, 0.2) is 0 Å². The van der Waals surface area contributed by atoms with Crippen LogP contribution in [0.1, 0.15) is 73.0 Å². The first kappa shape index (κ1) is 33.4. The van der Waals surface area contributed by atoms with Crippen LogP contribution in [0.5, 0.6) is 0 Å². The topological polar surface area (TPSA) is 64.7 Å². The summed E-state index contributed by atoms with van der Waals surface area (Å²) in [6.07, 6.45) is 4.90. The summed E-state index contributed by atoms with van der Waals surface area (Å²) in [7, 11) is 0. The molecule has 230 valence electrons. The summed E-state index contributed by atoms with van der Waals surface area (Å²) in [4.78, 5) is 28.4. The van der Waals surface area contributed by atoms with Crippen molar-refractivity contribution < 1.29 is 14.0 Å². The molecule has 1 fully saturated rings. The second-order valence-electron chi connectivity index (χ2n) is 11.0. The molecule has 3 aromatic rings. The van der Waals surface area contributed by atoms with Crippen LogP contribution in [0.4, 0.5) is 15.8 Å². The van der Waals surface area contributed by atoms with Crippen LogP contribution in [0, 0.1) is 19.7 Å². The summed E-state index contributed by atoms with van der Waals surface area (Å²) in [6, 6.07) is 19.8. The lowest BCUT2D eigenvalue weighted by atomic mass is 10.1. The van der Waals surface area contributed by atoms with Crippen LogP contribution in [-0.4, -0.2) is 49.4 Å². The number of nitrogens with zero attached hydrogens (tertiary/aromatic N) is 2. The number of carbonyl (C=O) groups excluding carboxylic acids is 2. The van der Waals surface area contributed by atoms with Gasteiger partial charge in [-0.15, -0.1) is 0 Å². The number of likely N-dealkylation sites (tertiary alicyclic amines) is 1. The predicted octanol–water partition coefficient (Wildman–Crippen LogP) is 7.58. The monoisotopic (exact) mass is 586 g/mol. The SMILES string of the molecule is C=C(NCCCN1CCCC1=O)c1ccc(C)c(NC(=O)c2ccc(F)cc2)c1.CCCN(CCC)c1ccccc1C. The van der Waals surface area contributed by atoms with Crippen molar-refractivity contribution in [1.82, 2.24) is 10.2 Å². The van der Waals surface area contributed by atoms with Crippen molar-refractivity contribution in [3.05, 3.63) is 101 Å². The molecule has 0 spiro atoms. The number of para-hydroxylation sites is 1. The van der Waals surface area contributed by atoms with E-state index in [4.69, 9.17) is 0 Å². The average molecular weight is 587 g/mol. The highest BCUT2D eigenvalue weighted by atomic mass is 19.1. The van der Waals surface area contributed by atoms with Crippen molar-refractivity contribution in [2.45, 2.75) is 59.8 Å². The Balaban J connectivity index is 0.000000303. The summed E-state index contributed by atoms with van der Waals surface area (Å²) in [6.45, 7) is 17.3. The summed E-state index contributed by atoms with van der Waals surface area (Å²) in [5.41, 5.74) is 6.42. The first-order valence-corrected chi connectivity index (χ1v) is 15.4. The molecule has 1 aliphatic rings. The average Bonchev–Trinajstić information content (AvgIpc) is 3.41. The summed E-state index contributed by atoms with van der Waals surface area (Å²) >= 11 is 0. The quantitative estimate of drug-likeness (QED) is 0.203. The van der Waals surface area contributed by atoms with E-state index < -0.39 is 0 Å². The Labute approximate surface area is 257 Å². The van der Waals surface area contributed by atoms with Crippen LogP contribution in [-0.2, 0) is 4.79 Å². The Morgan fingerprint density at radius 1 is 0.953 bits per heavy atom. The van der Waals surface area contributed by atoms with Crippen molar-refractivity contribution in [1.29, 1.82) is 0 Å². The predicted molar refractivity (Wildman–Crippen MR) is 177 cm³/mol. The second kappa shape index (κ2) is 17.1. The van der Waals surface area contributed by atoms with Crippen molar-refractivity contribution in [2.75, 3.05) is 42.9 Å². The van der Waals surface area contributed by atoms with E-state index in [1.165, 1.54) is 61.4 Å². The van der Waals surface area contributed by atoms with Gasteiger partial charge < -0.3 is 20.4 Å². The number of amides is 2. The number of carbonyl (C=O) groups is 2. The van der Waals surface area contributed by atoms with Gasteiger partial charge in [0.25, 0.3) is 5.91 Å². The van der Waals surface area contributed by atoms with Crippen LogP contribution in [0.25, 0.3) is 5.70 Å². The van der Waals surface area contributed by atoms with Gasteiger partial charge in [0.2, 0.25) is 5.91 Å². The Kier molecular flexibility index (Phi) is 13.3. The van der Waals surface area contributed by atoms with Gasteiger partial charge in [-0.2, -0.15) is 0 Å². The van der Waals surface area contributed by atoms with Crippen LogP contribution in [0.3, 0.4) is 0 Å². The van der Waals surface area contributed by atoms with Crippen LogP contribution in [0.2, 0.25) is 0 Å².